The molecule has 2 heterocycles. The van der Waals surface area contributed by atoms with Gasteiger partial charge in [0.1, 0.15) is 5.82 Å². The molecule has 0 atom stereocenters. The number of pyridine rings is 1. The van der Waals surface area contributed by atoms with Crippen LogP contribution in [0, 0.1) is 12.8 Å². The fraction of sp³-hybridized carbons (Fsp3) is 0.688. The van der Waals surface area contributed by atoms with Crippen molar-refractivity contribution in [2.24, 2.45) is 5.92 Å². The molecule has 1 saturated heterocycles. The molecule has 0 spiro atoms. The lowest BCUT2D eigenvalue weighted by atomic mass is 9.92. The molecule has 0 bridgehead atoms. The first kappa shape index (κ1) is 14.3. The Bertz CT molecular complexity index is 395. The van der Waals surface area contributed by atoms with Gasteiger partial charge in [0.25, 0.3) is 0 Å². The van der Waals surface area contributed by atoms with Crippen LogP contribution in [-0.4, -0.2) is 25.1 Å². The number of nitrogens with zero attached hydrogens (tertiary/aromatic N) is 2. The number of aromatic nitrogens is 1. The van der Waals surface area contributed by atoms with Gasteiger partial charge >= 0.3 is 0 Å². The number of hydrogen-bond donors (Lipinski definition) is 1. The molecule has 0 unspecified atom stereocenters. The fourth-order valence-corrected chi connectivity index (χ4v) is 3.10. The molecule has 0 saturated carbocycles. The number of hydrogen-bond acceptors (Lipinski definition) is 3. The summed E-state index contributed by atoms with van der Waals surface area (Å²) < 4.78 is 0. The monoisotopic (exact) mass is 261 g/mol. The Balaban J connectivity index is 1.99. The van der Waals surface area contributed by atoms with Gasteiger partial charge in [0.15, 0.2) is 0 Å². The van der Waals surface area contributed by atoms with Gasteiger partial charge in [-0.05, 0) is 49.9 Å². The highest BCUT2D eigenvalue weighted by Crippen LogP contribution is 2.26. The van der Waals surface area contributed by atoms with Crippen LogP contribution in [0.15, 0.2) is 12.3 Å². The molecule has 0 aromatic carbocycles. The van der Waals surface area contributed by atoms with Crippen LogP contribution in [-0.2, 0) is 6.54 Å². The zero-order valence-corrected chi connectivity index (χ0v) is 12.6. The van der Waals surface area contributed by atoms with E-state index in [2.05, 4.69) is 35.1 Å². The molecule has 1 aliphatic heterocycles. The van der Waals surface area contributed by atoms with E-state index in [4.69, 9.17) is 0 Å². The summed E-state index contributed by atoms with van der Waals surface area (Å²) in [6.45, 7) is 7.71. The molecule has 19 heavy (non-hydrogen) atoms. The van der Waals surface area contributed by atoms with Crippen molar-refractivity contribution < 1.29 is 0 Å². The lowest BCUT2D eigenvalue weighted by Crippen LogP contribution is -2.34. The normalized spacial score (nSPS) is 16.9. The van der Waals surface area contributed by atoms with Gasteiger partial charge in [0.05, 0.1) is 0 Å². The van der Waals surface area contributed by atoms with Crippen molar-refractivity contribution >= 4 is 5.82 Å². The number of nitrogens with one attached hydrogen (secondary N) is 1. The number of piperidine rings is 1. The molecule has 3 heteroatoms. The SMILES string of the molecule is CCCC1CCN(c2ncc(CNC)cc2C)CC1. The summed E-state index contributed by atoms with van der Waals surface area (Å²) in [5.41, 5.74) is 2.58. The van der Waals surface area contributed by atoms with E-state index in [-0.39, 0.29) is 0 Å². The van der Waals surface area contributed by atoms with Crippen molar-refractivity contribution in [3.63, 3.8) is 0 Å². The van der Waals surface area contributed by atoms with Gasteiger partial charge in [-0.15, -0.1) is 0 Å². The lowest BCUT2D eigenvalue weighted by molar-refractivity contribution is 0.377. The quantitative estimate of drug-likeness (QED) is 0.882. The third-order valence-electron chi connectivity index (χ3n) is 4.10. The second-order valence-corrected chi connectivity index (χ2v) is 5.73. The molecule has 1 aromatic heterocycles. The summed E-state index contributed by atoms with van der Waals surface area (Å²) in [6, 6.07) is 2.26. The van der Waals surface area contributed by atoms with E-state index < -0.39 is 0 Å². The summed E-state index contributed by atoms with van der Waals surface area (Å²) in [7, 11) is 1.97. The molecular weight excluding hydrogens is 234 g/mol. The summed E-state index contributed by atoms with van der Waals surface area (Å²) in [5.74, 6) is 2.12. The predicted molar refractivity (Wildman–Crippen MR) is 81.6 cm³/mol. The predicted octanol–water partition coefficient (Wildman–Crippen LogP) is 3.13. The minimum Gasteiger partial charge on any atom is -0.356 e. The van der Waals surface area contributed by atoms with Gasteiger partial charge in [-0.3, -0.25) is 0 Å². The van der Waals surface area contributed by atoms with E-state index in [1.54, 1.807) is 0 Å². The molecule has 2 rings (SSSR count). The summed E-state index contributed by atoms with van der Waals surface area (Å²) in [6.07, 6.45) is 7.37. The van der Waals surface area contributed by atoms with E-state index in [9.17, 15) is 0 Å². The van der Waals surface area contributed by atoms with Crippen molar-refractivity contribution in [2.75, 3.05) is 25.0 Å². The topological polar surface area (TPSA) is 28.2 Å². The Labute approximate surface area is 117 Å². The molecule has 0 amide bonds. The van der Waals surface area contributed by atoms with E-state index in [0.29, 0.717) is 0 Å². The molecule has 1 N–H and O–H groups in total. The summed E-state index contributed by atoms with van der Waals surface area (Å²) in [5, 5.41) is 3.18. The van der Waals surface area contributed by atoms with Gasteiger partial charge in [-0.1, -0.05) is 19.8 Å². The molecule has 1 fully saturated rings. The number of rotatable bonds is 5. The summed E-state index contributed by atoms with van der Waals surface area (Å²) in [4.78, 5) is 7.14. The highest BCUT2D eigenvalue weighted by Gasteiger charge is 2.20. The van der Waals surface area contributed by atoms with Crippen LogP contribution in [0.25, 0.3) is 0 Å². The van der Waals surface area contributed by atoms with E-state index in [0.717, 1.165) is 12.5 Å². The first-order chi connectivity index (χ1) is 9.24. The van der Waals surface area contributed by atoms with Crippen LogP contribution < -0.4 is 10.2 Å². The lowest BCUT2D eigenvalue weighted by Gasteiger charge is -2.33. The van der Waals surface area contributed by atoms with Crippen molar-refractivity contribution in [2.45, 2.75) is 46.1 Å². The van der Waals surface area contributed by atoms with Crippen LogP contribution in [0.3, 0.4) is 0 Å². The van der Waals surface area contributed by atoms with Crippen molar-refractivity contribution in [1.82, 2.24) is 10.3 Å². The minimum absolute atomic E-state index is 0.896. The highest BCUT2D eigenvalue weighted by atomic mass is 15.2. The maximum absolute atomic E-state index is 4.68. The molecule has 0 radical (unpaired) electrons. The maximum Gasteiger partial charge on any atom is 0.131 e. The first-order valence-electron chi connectivity index (χ1n) is 7.59. The Morgan fingerprint density at radius 3 is 2.68 bits per heavy atom. The maximum atomic E-state index is 4.68. The summed E-state index contributed by atoms with van der Waals surface area (Å²) >= 11 is 0. The average Bonchev–Trinajstić information content (AvgIpc) is 2.41. The first-order valence-corrected chi connectivity index (χ1v) is 7.59. The highest BCUT2D eigenvalue weighted by molar-refractivity contribution is 5.47. The van der Waals surface area contributed by atoms with Gasteiger partial charge < -0.3 is 10.2 Å². The van der Waals surface area contributed by atoms with Crippen LogP contribution in [0.2, 0.25) is 0 Å². The second kappa shape index (κ2) is 6.90. The van der Waals surface area contributed by atoms with Crippen molar-refractivity contribution in [1.29, 1.82) is 0 Å². The van der Waals surface area contributed by atoms with Gasteiger partial charge in [0, 0.05) is 25.8 Å². The Hall–Kier alpha value is -1.09. The average molecular weight is 261 g/mol. The minimum atomic E-state index is 0.896. The number of anilines is 1. The van der Waals surface area contributed by atoms with E-state index >= 15 is 0 Å². The largest absolute Gasteiger partial charge is 0.356 e. The zero-order chi connectivity index (χ0) is 13.7. The standard InChI is InChI=1S/C16H27N3/c1-4-5-14-6-8-19(9-7-14)16-13(2)10-15(11-17-3)12-18-16/h10,12,14,17H,4-9,11H2,1-3H3. The van der Waals surface area contributed by atoms with Gasteiger partial charge in [0.2, 0.25) is 0 Å². The van der Waals surface area contributed by atoms with Gasteiger partial charge in [-0.2, -0.15) is 0 Å². The molecular formula is C16H27N3. The van der Waals surface area contributed by atoms with Crippen LogP contribution in [0.5, 0.6) is 0 Å². The van der Waals surface area contributed by atoms with E-state index in [1.165, 1.54) is 55.7 Å². The molecule has 1 aliphatic rings. The third kappa shape index (κ3) is 3.69. The smallest absolute Gasteiger partial charge is 0.131 e. The Kier molecular flexibility index (Phi) is 5.20. The third-order valence-corrected chi connectivity index (χ3v) is 4.10. The van der Waals surface area contributed by atoms with Crippen LogP contribution in [0.1, 0.15) is 43.7 Å². The van der Waals surface area contributed by atoms with Crippen LogP contribution >= 0.6 is 0 Å². The zero-order valence-electron chi connectivity index (χ0n) is 12.6. The Morgan fingerprint density at radius 1 is 1.37 bits per heavy atom. The number of aryl methyl sites for hydroxylation is 1. The Morgan fingerprint density at radius 2 is 2.11 bits per heavy atom. The second-order valence-electron chi connectivity index (χ2n) is 5.73. The van der Waals surface area contributed by atoms with E-state index in [1.807, 2.05) is 13.2 Å². The van der Waals surface area contributed by atoms with Crippen LogP contribution in [0.4, 0.5) is 5.82 Å². The van der Waals surface area contributed by atoms with Gasteiger partial charge in [-0.25, -0.2) is 4.98 Å². The molecule has 0 aliphatic carbocycles. The molecule has 106 valence electrons. The van der Waals surface area contributed by atoms with Crippen molar-refractivity contribution in [3.8, 4) is 0 Å². The molecule has 1 aromatic rings. The molecule has 3 nitrogen and oxygen atoms in total. The fourth-order valence-electron chi connectivity index (χ4n) is 3.10. The van der Waals surface area contributed by atoms with Crippen molar-refractivity contribution in [3.05, 3.63) is 23.4 Å².